The average Bonchev–Trinajstić information content (AvgIpc) is 3.21. The Morgan fingerprint density at radius 3 is 2.59 bits per heavy atom. The molecule has 1 atom stereocenters. The smallest absolute Gasteiger partial charge is 0.338 e. The molecule has 1 aliphatic rings. The van der Waals surface area contributed by atoms with Gasteiger partial charge >= 0.3 is 5.97 Å². The molecule has 0 aliphatic carbocycles. The molecule has 9 heteroatoms. The first kappa shape index (κ1) is 20.9. The number of hydrogen-bond donors (Lipinski definition) is 1. The zero-order valence-electron chi connectivity index (χ0n) is 15.4. The van der Waals surface area contributed by atoms with Crippen molar-refractivity contribution in [3.63, 3.8) is 0 Å². The third-order valence-electron chi connectivity index (χ3n) is 4.16. The second kappa shape index (κ2) is 9.01. The fourth-order valence-electron chi connectivity index (χ4n) is 2.67. The van der Waals surface area contributed by atoms with E-state index < -0.39 is 28.0 Å². The van der Waals surface area contributed by atoms with Gasteiger partial charge in [-0.05, 0) is 38.0 Å². The summed E-state index contributed by atoms with van der Waals surface area (Å²) in [7, 11) is -2.42. The van der Waals surface area contributed by atoms with Gasteiger partial charge in [-0.3, -0.25) is 4.79 Å². The van der Waals surface area contributed by atoms with Gasteiger partial charge in [0, 0.05) is 19.6 Å². The molecule has 148 valence electrons. The second-order valence-electron chi connectivity index (χ2n) is 6.06. The van der Waals surface area contributed by atoms with Gasteiger partial charge in [-0.25, -0.2) is 13.2 Å². The molecule has 1 amide bonds. The van der Waals surface area contributed by atoms with E-state index in [0.717, 1.165) is 12.8 Å². The predicted molar refractivity (Wildman–Crippen MR) is 99.1 cm³/mol. The normalized spacial score (nSPS) is 15.8. The molecule has 1 heterocycles. The maximum atomic E-state index is 12.9. The van der Waals surface area contributed by atoms with Crippen LogP contribution < -0.4 is 10.1 Å². The van der Waals surface area contributed by atoms with Crippen molar-refractivity contribution in [3.05, 3.63) is 36.4 Å². The fourth-order valence-corrected chi connectivity index (χ4v) is 4.37. The molecule has 0 aromatic heterocycles. The van der Waals surface area contributed by atoms with Crippen molar-refractivity contribution in [2.45, 2.75) is 30.8 Å². The number of nitrogens with zero attached hydrogens (tertiary/aromatic N) is 1. The number of sulfonamides is 1. The van der Waals surface area contributed by atoms with E-state index in [1.165, 1.54) is 42.6 Å². The summed E-state index contributed by atoms with van der Waals surface area (Å²) < 4.78 is 37.4. The van der Waals surface area contributed by atoms with E-state index in [1.807, 2.05) is 0 Å². The van der Waals surface area contributed by atoms with Crippen LogP contribution in [0.4, 0.5) is 0 Å². The minimum absolute atomic E-state index is 0.0249. The Morgan fingerprint density at radius 1 is 1.33 bits per heavy atom. The van der Waals surface area contributed by atoms with E-state index in [0.29, 0.717) is 13.1 Å². The van der Waals surface area contributed by atoms with E-state index in [2.05, 4.69) is 11.9 Å². The van der Waals surface area contributed by atoms with Gasteiger partial charge < -0.3 is 14.8 Å². The Hall–Kier alpha value is -2.39. The summed E-state index contributed by atoms with van der Waals surface area (Å²) in [5, 5.41) is 2.52. The van der Waals surface area contributed by atoms with Crippen molar-refractivity contribution in [1.82, 2.24) is 9.62 Å². The molecule has 0 radical (unpaired) electrons. The maximum absolute atomic E-state index is 12.9. The van der Waals surface area contributed by atoms with Gasteiger partial charge in [-0.2, -0.15) is 4.31 Å². The lowest BCUT2D eigenvalue weighted by atomic mass is 10.2. The van der Waals surface area contributed by atoms with Crippen molar-refractivity contribution in [2.24, 2.45) is 0 Å². The highest BCUT2D eigenvalue weighted by Gasteiger charge is 2.31. The van der Waals surface area contributed by atoms with E-state index in [9.17, 15) is 18.0 Å². The fraction of sp³-hybridized carbons (Fsp3) is 0.444. The molecule has 1 fully saturated rings. The minimum Gasteiger partial charge on any atom is -0.495 e. The third-order valence-corrected chi connectivity index (χ3v) is 6.08. The number of carbonyl (C=O) groups is 2. The molecule has 0 saturated carbocycles. The largest absolute Gasteiger partial charge is 0.495 e. The van der Waals surface area contributed by atoms with Crippen molar-refractivity contribution in [3.8, 4) is 5.75 Å². The summed E-state index contributed by atoms with van der Waals surface area (Å²) in [4.78, 5) is 24.1. The molecule has 1 saturated heterocycles. The summed E-state index contributed by atoms with van der Waals surface area (Å²) >= 11 is 0. The van der Waals surface area contributed by atoms with Crippen LogP contribution in [0.2, 0.25) is 0 Å². The molecular formula is C18H24N2O6S. The monoisotopic (exact) mass is 396 g/mol. The summed E-state index contributed by atoms with van der Waals surface area (Å²) in [6.07, 6.45) is 2.06. The molecular weight excluding hydrogens is 372 g/mol. The molecule has 1 aliphatic heterocycles. The zero-order chi connectivity index (χ0) is 20.0. The third kappa shape index (κ3) is 4.86. The summed E-state index contributed by atoms with van der Waals surface area (Å²) in [6.45, 7) is 6.03. The van der Waals surface area contributed by atoms with Gasteiger partial charge in [-0.15, -0.1) is 6.58 Å². The molecule has 1 unspecified atom stereocenters. The lowest BCUT2D eigenvalue weighted by Crippen LogP contribution is -2.35. The Balaban J connectivity index is 2.24. The SMILES string of the molecule is C=CCNC(=O)C(C)OC(=O)c1ccc(OC)c(S(=O)(=O)N2CCCC2)c1. The van der Waals surface area contributed by atoms with E-state index >= 15 is 0 Å². The Morgan fingerprint density at radius 2 is 2.00 bits per heavy atom. The molecule has 2 rings (SSSR count). The Kier molecular flexibility index (Phi) is 6.98. The maximum Gasteiger partial charge on any atom is 0.338 e. The highest BCUT2D eigenvalue weighted by Crippen LogP contribution is 2.30. The van der Waals surface area contributed by atoms with Crippen LogP contribution in [-0.4, -0.2) is 57.4 Å². The highest BCUT2D eigenvalue weighted by atomic mass is 32.2. The van der Waals surface area contributed by atoms with Gasteiger partial charge in [0.2, 0.25) is 10.0 Å². The van der Waals surface area contributed by atoms with E-state index in [1.54, 1.807) is 0 Å². The van der Waals surface area contributed by atoms with Crippen LogP contribution in [0.15, 0.2) is 35.7 Å². The lowest BCUT2D eigenvalue weighted by Gasteiger charge is -2.18. The summed E-state index contributed by atoms with van der Waals surface area (Å²) in [6, 6.07) is 4.03. The molecule has 1 aromatic rings. The Labute approximate surface area is 159 Å². The predicted octanol–water partition coefficient (Wildman–Crippen LogP) is 1.33. The lowest BCUT2D eigenvalue weighted by molar-refractivity contribution is -0.128. The van der Waals surface area contributed by atoms with Crippen molar-refractivity contribution >= 4 is 21.9 Å². The summed E-state index contributed by atoms with van der Waals surface area (Å²) in [5.41, 5.74) is 0.0249. The van der Waals surface area contributed by atoms with Crippen LogP contribution in [0, 0.1) is 0 Å². The van der Waals surface area contributed by atoms with Crippen LogP contribution >= 0.6 is 0 Å². The standard InChI is InChI=1S/C18H24N2O6S/c1-4-9-19-17(21)13(2)26-18(22)14-7-8-15(25-3)16(12-14)27(23,24)20-10-5-6-11-20/h4,7-8,12-13H,1,5-6,9-11H2,2-3H3,(H,19,21). The molecule has 0 spiro atoms. The number of carbonyl (C=O) groups excluding carboxylic acids is 2. The molecule has 27 heavy (non-hydrogen) atoms. The summed E-state index contributed by atoms with van der Waals surface area (Å²) in [5.74, 6) is -1.12. The first-order chi connectivity index (χ1) is 12.8. The molecule has 1 N–H and O–H groups in total. The second-order valence-corrected chi connectivity index (χ2v) is 7.96. The van der Waals surface area contributed by atoms with Crippen LogP contribution in [0.3, 0.4) is 0 Å². The van der Waals surface area contributed by atoms with E-state index in [4.69, 9.17) is 9.47 Å². The number of methoxy groups -OCH3 is 1. The zero-order valence-corrected chi connectivity index (χ0v) is 16.3. The molecule has 1 aromatic carbocycles. The number of nitrogens with one attached hydrogen (secondary N) is 1. The van der Waals surface area contributed by atoms with Crippen LogP contribution in [0.25, 0.3) is 0 Å². The number of ether oxygens (including phenoxy) is 2. The van der Waals surface area contributed by atoms with Crippen LogP contribution in [0.5, 0.6) is 5.75 Å². The van der Waals surface area contributed by atoms with Crippen molar-refractivity contribution in [2.75, 3.05) is 26.7 Å². The first-order valence-corrected chi connectivity index (χ1v) is 10.0. The van der Waals surface area contributed by atoms with E-state index in [-0.39, 0.29) is 22.8 Å². The van der Waals surface area contributed by atoms with Crippen molar-refractivity contribution in [1.29, 1.82) is 0 Å². The van der Waals surface area contributed by atoms with Gasteiger partial charge in [0.15, 0.2) is 6.10 Å². The average molecular weight is 396 g/mol. The molecule has 0 bridgehead atoms. The van der Waals surface area contributed by atoms with Gasteiger partial charge in [0.1, 0.15) is 10.6 Å². The van der Waals surface area contributed by atoms with Gasteiger partial charge in [0.05, 0.1) is 12.7 Å². The molecule has 8 nitrogen and oxygen atoms in total. The number of amides is 1. The highest BCUT2D eigenvalue weighted by molar-refractivity contribution is 7.89. The number of hydrogen-bond acceptors (Lipinski definition) is 6. The first-order valence-electron chi connectivity index (χ1n) is 8.59. The van der Waals surface area contributed by atoms with Gasteiger partial charge in [0.25, 0.3) is 5.91 Å². The Bertz CT molecular complexity index is 815. The number of esters is 1. The van der Waals surface area contributed by atoms with Gasteiger partial charge in [-0.1, -0.05) is 6.08 Å². The number of rotatable bonds is 8. The van der Waals surface area contributed by atoms with Crippen LogP contribution in [-0.2, 0) is 19.6 Å². The topological polar surface area (TPSA) is 102 Å². The quantitative estimate of drug-likeness (QED) is 0.525. The minimum atomic E-state index is -3.78. The van der Waals surface area contributed by atoms with Crippen molar-refractivity contribution < 1.29 is 27.5 Å². The number of benzene rings is 1. The van der Waals surface area contributed by atoms with Crippen LogP contribution in [0.1, 0.15) is 30.1 Å².